The fourth-order valence-corrected chi connectivity index (χ4v) is 10.0. The van der Waals surface area contributed by atoms with Crippen LogP contribution >= 0.6 is 93.9 Å². The minimum atomic E-state index is -0.591. The predicted molar refractivity (Wildman–Crippen MR) is 341 cm³/mol. The molecule has 5 heterocycles. The number of halogens is 6. The summed E-state index contributed by atoms with van der Waals surface area (Å²) in [5.41, 5.74) is 6.35. The van der Waals surface area contributed by atoms with Crippen LogP contribution < -0.4 is 31.9 Å². The van der Waals surface area contributed by atoms with Gasteiger partial charge in [-0.3, -0.25) is 14.4 Å². The zero-order valence-corrected chi connectivity index (χ0v) is 50.9. The molecule has 412 valence electrons. The van der Waals surface area contributed by atoms with Gasteiger partial charge in [0.25, 0.3) is 17.7 Å². The molecule has 11 rings (SSSR count). The molecule has 3 amide bonds. The second-order valence-electron chi connectivity index (χ2n) is 18.0. The molecular formula is C62H47Br3Cl3N9O4S. The van der Waals surface area contributed by atoms with Crippen LogP contribution in [0.1, 0.15) is 71.7 Å². The van der Waals surface area contributed by atoms with E-state index >= 15 is 0 Å². The number of furan rings is 1. The van der Waals surface area contributed by atoms with Crippen molar-refractivity contribution in [3.05, 3.63) is 280 Å². The van der Waals surface area contributed by atoms with Gasteiger partial charge in [0.2, 0.25) is 0 Å². The van der Waals surface area contributed by atoms with Gasteiger partial charge in [0.15, 0.2) is 6.17 Å². The smallest absolute Gasteiger partial charge is 0.271 e. The summed E-state index contributed by atoms with van der Waals surface area (Å²) in [5, 5.41) is 23.0. The lowest BCUT2D eigenvalue weighted by atomic mass is 10.1. The lowest BCUT2D eigenvalue weighted by molar-refractivity contribution is 0.0925. The first-order chi connectivity index (χ1) is 39.7. The average Bonchev–Trinajstić information content (AvgIpc) is 4.29. The van der Waals surface area contributed by atoms with E-state index in [4.69, 9.17) is 39.2 Å². The number of carbonyl (C=O) groups excluding carboxylic acids is 3. The van der Waals surface area contributed by atoms with Crippen molar-refractivity contribution >= 4 is 150 Å². The average molecular weight is 1360 g/mol. The van der Waals surface area contributed by atoms with Gasteiger partial charge in [0.1, 0.15) is 40.8 Å². The topological polar surface area (TPSA) is 175 Å². The molecule has 0 aliphatic rings. The van der Waals surface area contributed by atoms with Crippen LogP contribution in [0.15, 0.2) is 231 Å². The van der Waals surface area contributed by atoms with Crippen molar-refractivity contribution in [1.29, 1.82) is 0 Å². The van der Waals surface area contributed by atoms with Gasteiger partial charge in [0.05, 0.1) is 0 Å². The van der Waals surface area contributed by atoms with Gasteiger partial charge in [-0.25, -0.2) is 15.0 Å². The third-order valence-corrected chi connectivity index (χ3v) is 15.4. The molecule has 3 atom stereocenters. The molecular weight excluding hydrogens is 1310 g/mol. The normalized spacial score (nSPS) is 11.8. The molecule has 0 spiro atoms. The number of benzene rings is 6. The quantitative estimate of drug-likeness (QED) is 0.0542. The Hall–Kier alpha value is -7.61. The van der Waals surface area contributed by atoms with Crippen molar-refractivity contribution in [2.24, 2.45) is 0 Å². The van der Waals surface area contributed by atoms with Crippen molar-refractivity contribution in [2.75, 3.05) is 16.0 Å². The van der Waals surface area contributed by atoms with Gasteiger partial charge in [-0.1, -0.05) is 101 Å². The highest BCUT2D eigenvalue weighted by Gasteiger charge is 2.22. The number of rotatable bonds is 15. The highest BCUT2D eigenvalue weighted by Crippen LogP contribution is 2.32. The number of thiophene rings is 1. The number of hydrogen-bond donors (Lipinski definition) is 6. The van der Waals surface area contributed by atoms with Gasteiger partial charge in [-0.15, -0.1) is 11.3 Å². The summed E-state index contributed by atoms with van der Waals surface area (Å²) >= 11 is 29.5. The molecule has 0 saturated carbocycles. The minimum Gasteiger partial charge on any atom is -0.457 e. The fraction of sp³-hybridized carbons (Fsp3) is 0.0645. The molecule has 6 N–H and O–H groups in total. The Morgan fingerprint density at radius 2 is 0.878 bits per heavy atom. The van der Waals surface area contributed by atoms with E-state index in [2.05, 4.69) is 113 Å². The number of carbonyl (C=O) groups is 3. The van der Waals surface area contributed by atoms with E-state index in [9.17, 15) is 14.4 Å². The molecule has 3 unspecified atom stereocenters. The van der Waals surface area contributed by atoms with Crippen molar-refractivity contribution in [3.8, 4) is 0 Å². The third kappa shape index (κ3) is 16.8. The summed E-state index contributed by atoms with van der Waals surface area (Å²) < 4.78 is 9.58. The largest absolute Gasteiger partial charge is 0.457 e. The van der Waals surface area contributed by atoms with E-state index in [-0.39, 0.29) is 23.9 Å². The number of nitrogens with one attached hydrogen (secondary N) is 6. The number of para-hydroxylation sites is 1. The molecule has 0 saturated heterocycles. The van der Waals surface area contributed by atoms with E-state index in [0.29, 0.717) is 37.9 Å². The minimum absolute atomic E-state index is 0.227. The number of amides is 3. The van der Waals surface area contributed by atoms with E-state index in [1.54, 1.807) is 96.7 Å². The summed E-state index contributed by atoms with van der Waals surface area (Å²) in [6, 6.07) is 60.1. The first kappa shape index (κ1) is 59.0. The first-order valence-corrected chi connectivity index (χ1v) is 29.4. The molecule has 0 aliphatic carbocycles. The summed E-state index contributed by atoms with van der Waals surface area (Å²) in [6.07, 6.45) is 3.36. The Morgan fingerprint density at radius 3 is 1.35 bits per heavy atom. The highest BCUT2D eigenvalue weighted by molar-refractivity contribution is 9.11. The lowest BCUT2D eigenvalue weighted by Crippen LogP contribution is -2.33. The molecule has 0 bridgehead atoms. The molecule has 0 aliphatic heterocycles. The van der Waals surface area contributed by atoms with Crippen LogP contribution in [0.25, 0.3) is 21.1 Å². The monoisotopic (exact) mass is 1360 g/mol. The van der Waals surface area contributed by atoms with Crippen LogP contribution in [0, 0.1) is 6.92 Å². The van der Waals surface area contributed by atoms with Gasteiger partial charge in [0, 0.05) is 79.1 Å². The number of anilines is 3. The zero-order valence-electron chi connectivity index (χ0n) is 43.1. The lowest BCUT2D eigenvalue weighted by Gasteiger charge is -2.22. The van der Waals surface area contributed by atoms with Crippen molar-refractivity contribution in [2.45, 2.75) is 25.4 Å². The van der Waals surface area contributed by atoms with Crippen molar-refractivity contribution in [1.82, 2.24) is 30.9 Å². The zero-order chi connectivity index (χ0) is 57.5. The molecule has 0 fully saturated rings. The van der Waals surface area contributed by atoms with Crippen LogP contribution in [-0.4, -0.2) is 32.7 Å². The second-order valence-corrected chi connectivity index (χ2v) is 23.2. The number of fused-ring (bicyclic) bond motifs is 2. The molecule has 0 radical (unpaired) electrons. The van der Waals surface area contributed by atoms with E-state index in [1.165, 1.54) is 10.3 Å². The van der Waals surface area contributed by atoms with Crippen LogP contribution in [0.5, 0.6) is 0 Å². The van der Waals surface area contributed by atoms with Crippen LogP contribution in [0.3, 0.4) is 0 Å². The maximum Gasteiger partial charge on any atom is 0.271 e. The summed E-state index contributed by atoms with van der Waals surface area (Å²) in [4.78, 5) is 51.6. The van der Waals surface area contributed by atoms with Gasteiger partial charge in [-0.2, -0.15) is 0 Å². The number of pyridine rings is 3. The Bertz CT molecular complexity index is 3670. The van der Waals surface area contributed by atoms with Crippen LogP contribution in [0.2, 0.25) is 15.1 Å². The summed E-state index contributed by atoms with van der Waals surface area (Å²) in [6.45, 7) is 2.05. The Labute approximate surface area is 516 Å². The Kier molecular flexibility index (Phi) is 20.4. The molecule has 20 heteroatoms. The fourth-order valence-electron chi connectivity index (χ4n) is 7.89. The van der Waals surface area contributed by atoms with E-state index < -0.39 is 12.3 Å². The van der Waals surface area contributed by atoms with Gasteiger partial charge in [-0.05, 0) is 199 Å². The van der Waals surface area contributed by atoms with Crippen LogP contribution in [-0.2, 0) is 0 Å². The number of hydrogen-bond acceptors (Lipinski definition) is 11. The Balaban J connectivity index is 0.000000148. The predicted octanol–water partition coefficient (Wildman–Crippen LogP) is 17.4. The highest BCUT2D eigenvalue weighted by atomic mass is 79.9. The third-order valence-electron chi connectivity index (χ3n) is 12.0. The van der Waals surface area contributed by atoms with Gasteiger partial charge < -0.3 is 36.3 Å². The Morgan fingerprint density at radius 1 is 0.463 bits per heavy atom. The number of aryl methyl sites for hydroxylation is 1. The van der Waals surface area contributed by atoms with E-state index in [1.807, 2.05) is 116 Å². The van der Waals surface area contributed by atoms with Crippen molar-refractivity contribution < 1.29 is 18.8 Å². The van der Waals surface area contributed by atoms with E-state index in [0.717, 1.165) is 57.3 Å². The van der Waals surface area contributed by atoms with Gasteiger partial charge >= 0.3 is 0 Å². The molecule has 13 nitrogen and oxygen atoms in total. The number of aromatic nitrogens is 3. The molecule has 5 aromatic heterocycles. The molecule has 11 aromatic rings. The summed E-state index contributed by atoms with van der Waals surface area (Å²) in [5.74, 6) is -0.255. The SMILES string of the molecule is Cc1ccc(NC(NC(=O)c2ccc(Br)cn2)c2cc3ccccc3s2)cc1.O=C(NC(Nc1ccc(Cl)cc1)c1cc2ccccc2o1)c1ccc(Br)cn1.O=C(NC(Nc1ccc(Cl)cc1)c1ccc(Cl)cc1)c1ccc(Br)cn1. The van der Waals surface area contributed by atoms with Crippen LogP contribution in [0.4, 0.5) is 17.1 Å². The standard InChI is InChI=1S/C22H18BrN3OS.C21H15BrClN3O2.C19H14BrCl2N3O/c1-14-6-9-17(10-7-14)25-21(20-12-15-4-2-3-5-19(15)28-20)26-22(27)18-11-8-16(23)13-24-18;22-14-5-10-17(24-12-14)21(27)26-20(25-16-8-6-15(23)7-9-16)19-11-13-3-1-2-4-18(13)28-19;20-13-3-10-17(23-11-13)19(26)25-18(12-1-4-14(21)5-2-12)24-16-8-6-15(22)7-9-16/h2-13,21,25H,1H3,(H,26,27);1-12,20,25H,(H,26,27);1-11,18,24H,(H,25,26). The maximum absolute atomic E-state index is 12.8. The summed E-state index contributed by atoms with van der Waals surface area (Å²) in [7, 11) is 0. The van der Waals surface area contributed by atoms with Crippen molar-refractivity contribution in [3.63, 3.8) is 0 Å². The maximum atomic E-state index is 12.8. The second kappa shape index (κ2) is 28.4. The number of nitrogens with zero attached hydrogens (tertiary/aromatic N) is 3. The molecule has 82 heavy (non-hydrogen) atoms. The molecule has 6 aromatic carbocycles. The first-order valence-electron chi connectivity index (χ1n) is 25.0.